The summed E-state index contributed by atoms with van der Waals surface area (Å²) in [5.41, 5.74) is -0.267. The number of hydrogen-bond acceptors (Lipinski definition) is 2. The Bertz CT molecular complexity index is 303. The van der Waals surface area contributed by atoms with E-state index >= 15 is 0 Å². The van der Waals surface area contributed by atoms with Gasteiger partial charge in [0.25, 0.3) is 0 Å². The van der Waals surface area contributed by atoms with Crippen LogP contribution in [-0.2, 0) is 0 Å². The number of nitrogens with zero attached hydrogens (tertiary/aromatic N) is 1. The summed E-state index contributed by atoms with van der Waals surface area (Å²) in [6.07, 6.45) is 0. The van der Waals surface area contributed by atoms with Crippen molar-refractivity contribution in [1.29, 1.82) is 0 Å². The van der Waals surface area contributed by atoms with Gasteiger partial charge in [-0.15, -0.1) is 0 Å². The molecule has 0 fully saturated rings. The third kappa shape index (κ3) is 1.65. The van der Waals surface area contributed by atoms with Crippen molar-refractivity contribution in [2.75, 3.05) is 0 Å². The van der Waals surface area contributed by atoms with Gasteiger partial charge in [0.1, 0.15) is 5.69 Å². The van der Waals surface area contributed by atoms with E-state index in [1.165, 1.54) is 0 Å². The normalized spacial score (nSPS) is 9.64. The molecule has 5 heteroatoms. The minimum absolute atomic E-state index is 0.267. The Labute approximate surface area is 66.4 Å². The Kier molecular flexibility index (Phi) is 2.05. The third-order valence-corrected chi connectivity index (χ3v) is 1.29. The van der Waals surface area contributed by atoms with E-state index in [0.29, 0.717) is 0 Å². The Morgan fingerprint density at radius 2 is 2.27 bits per heavy atom. The van der Waals surface area contributed by atoms with Crippen molar-refractivity contribution in [1.82, 2.24) is 4.98 Å². The molecule has 58 valence electrons. The zero-order valence-corrected chi connectivity index (χ0v) is 5.97. The van der Waals surface area contributed by atoms with E-state index in [1.54, 1.807) is 0 Å². The van der Waals surface area contributed by atoms with Crippen molar-refractivity contribution in [2.45, 2.75) is 0 Å². The number of carboxylic acids is 1. The second-order valence-electron chi connectivity index (χ2n) is 1.77. The summed E-state index contributed by atoms with van der Waals surface area (Å²) in [6, 6.07) is 2.00. The van der Waals surface area contributed by atoms with Gasteiger partial charge in [0, 0.05) is 0 Å². The summed E-state index contributed by atoms with van der Waals surface area (Å²) < 4.78 is 12.4. The number of pyridine rings is 1. The van der Waals surface area contributed by atoms with Crippen LogP contribution in [0.1, 0.15) is 10.5 Å². The molecule has 0 aliphatic heterocycles. The number of carboxylic acid groups (broad SMARTS) is 1. The van der Waals surface area contributed by atoms with Gasteiger partial charge in [-0.3, -0.25) is 0 Å². The second kappa shape index (κ2) is 2.84. The number of carbonyl (C=O) groups is 1. The van der Waals surface area contributed by atoms with Gasteiger partial charge >= 0.3 is 5.97 Å². The monoisotopic (exact) mass is 175 g/mol. The third-order valence-electron chi connectivity index (χ3n) is 1.02. The van der Waals surface area contributed by atoms with E-state index < -0.39 is 16.9 Å². The zero-order chi connectivity index (χ0) is 8.43. The van der Waals surface area contributed by atoms with Crippen molar-refractivity contribution in [3.63, 3.8) is 0 Å². The van der Waals surface area contributed by atoms with Crippen LogP contribution in [0.15, 0.2) is 12.1 Å². The molecule has 0 unspecified atom stereocenters. The standard InChI is InChI=1S/C6H3ClFNO2/c7-5-3(8)1-2-4(9-5)6(10)11/h1-2H,(H,10,11). The van der Waals surface area contributed by atoms with Crippen LogP contribution in [-0.4, -0.2) is 16.1 Å². The van der Waals surface area contributed by atoms with Gasteiger partial charge in [-0.2, -0.15) is 0 Å². The molecule has 1 aromatic rings. The molecule has 0 aromatic carbocycles. The fourth-order valence-electron chi connectivity index (χ4n) is 0.536. The van der Waals surface area contributed by atoms with E-state index in [4.69, 9.17) is 16.7 Å². The van der Waals surface area contributed by atoms with E-state index in [0.717, 1.165) is 12.1 Å². The molecular formula is C6H3ClFNO2. The number of halogens is 2. The first-order valence-electron chi connectivity index (χ1n) is 2.66. The number of aromatic nitrogens is 1. The molecule has 1 heterocycles. The lowest BCUT2D eigenvalue weighted by Gasteiger charge is -1.94. The van der Waals surface area contributed by atoms with Gasteiger partial charge in [0.2, 0.25) is 0 Å². The van der Waals surface area contributed by atoms with Gasteiger partial charge < -0.3 is 5.11 Å². The molecule has 1 aromatic heterocycles. The van der Waals surface area contributed by atoms with E-state index in [9.17, 15) is 9.18 Å². The van der Waals surface area contributed by atoms with Crippen LogP contribution in [0.2, 0.25) is 5.15 Å². The first-order valence-corrected chi connectivity index (χ1v) is 3.04. The lowest BCUT2D eigenvalue weighted by molar-refractivity contribution is 0.0690. The van der Waals surface area contributed by atoms with Gasteiger partial charge in [-0.05, 0) is 12.1 Å². The van der Waals surface area contributed by atoms with E-state index in [1.807, 2.05) is 0 Å². The number of hydrogen-bond donors (Lipinski definition) is 1. The maximum Gasteiger partial charge on any atom is 0.354 e. The molecule has 0 aliphatic rings. The molecule has 3 nitrogen and oxygen atoms in total. The first-order chi connectivity index (χ1) is 5.11. The fraction of sp³-hybridized carbons (Fsp3) is 0. The lowest BCUT2D eigenvalue weighted by atomic mass is 10.3. The molecule has 0 bridgehead atoms. The van der Waals surface area contributed by atoms with E-state index in [2.05, 4.69) is 4.98 Å². The van der Waals surface area contributed by atoms with Crippen molar-refractivity contribution < 1.29 is 14.3 Å². The van der Waals surface area contributed by atoms with Gasteiger partial charge in [-0.25, -0.2) is 14.2 Å². The highest BCUT2D eigenvalue weighted by Crippen LogP contribution is 2.10. The Balaban J connectivity index is 3.15. The Morgan fingerprint density at radius 1 is 1.64 bits per heavy atom. The summed E-state index contributed by atoms with van der Waals surface area (Å²) in [7, 11) is 0. The highest BCUT2D eigenvalue weighted by molar-refractivity contribution is 6.29. The topological polar surface area (TPSA) is 50.2 Å². The number of aromatic carboxylic acids is 1. The molecule has 0 radical (unpaired) electrons. The number of rotatable bonds is 1. The maximum absolute atomic E-state index is 12.4. The van der Waals surface area contributed by atoms with Gasteiger partial charge in [0.15, 0.2) is 11.0 Å². The minimum Gasteiger partial charge on any atom is -0.477 e. The lowest BCUT2D eigenvalue weighted by Crippen LogP contribution is -2.00. The van der Waals surface area contributed by atoms with Crippen LogP contribution in [0.5, 0.6) is 0 Å². The molecule has 1 rings (SSSR count). The quantitative estimate of drug-likeness (QED) is 0.660. The summed E-state index contributed by atoms with van der Waals surface area (Å²) in [5.74, 6) is -1.96. The van der Waals surface area contributed by atoms with Crippen LogP contribution in [0.3, 0.4) is 0 Å². The van der Waals surface area contributed by atoms with Gasteiger partial charge in [-0.1, -0.05) is 11.6 Å². The highest BCUT2D eigenvalue weighted by Gasteiger charge is 2.07. The minimum atomic E-state index is -1.23. The van der Waals surface area contributed by atoms with Crippen molar-refractivity contribution >= 4 is 17.6 Å². The first kappa shape index (κ1) is 7.94. The molecule has 11 heavy (non-hydrogen) atoms. The van der Waals surface area contributed by atoms with Crippen LogP contribution >= 0.6 is 11.6 Å². The molecule has 0 saturated carbocycles. The summed E-state index contributed by atoms with van der Waals surface area (Å²) in [5, 5.41) is 7.93. The SMILES string of the molecule is O=C(O)c1ccc(F)c(Cl)n1. The highest BCUT2D eigenvalue weighted by atomic mass is 35.5. The molecular weight excluding hydrogens is 173 g/mol. The van der Waals surface area contributed by atoms with Crippen LogP contribution in [0.25, 0.3) is 0 Å². The predicted molar refractivity (Wildman–Crippen MR) is 36.2 cm³/mol. The zero-order valence-electron chi connectivity index (χ0n) is 5.21. The molecule has 0 spiro atoms. The van der Waals surface area contributed by atoms with Crippen LogP contribution in [0, 0.1) is 5.82 Å². The average molecular weight is 176 g/mol. The summed E-state index contributed by atoms with van der Waals surface area (Å²) >= 11 is 5.21. The molecule has 0 amide bonds. The summed E-state index contributed by atoms with van der Waals surface area (Å²) in [4.78, 5) is 13.5. The van der Waals surface area contributed by atoms with Gasteiger partial charge in [0.05, 0.1) is 0 Å². The van der Waals surface area contributed by atoms with Crippen LogP contribution < -0.4 is 0 Å². The Hall–Kier alpha value is -1.16. The Morgan fingerprint density at radius 3 is 2.73 bits per heavy atom. The smallest absolute Gasteiger partial charge is 0.354 e. The fourth-order valence-corrected chi connectivity index (χ4v) is 0.690. The van der Waals surface area contributed by atoms with Crippen LogP contribution in [0.4, 0.5) is 4.39 Å². The predicted octanol–water partition coefficient (Wildman–Crippen LogP) is 1.57. The maximum atomic E-state index is 12.4. The average Bonchev–Trinajstić information content (AvgIpc) is 1.94. The van der Waals surface area contributed by atoms with Crippen molar-refractivity contribution in [3.8, 4) is 0 Å². The van der Waals surface area contributed by atoms with E-state index in [-0.39, 0.29) is 5.69 Å². The van der Waals surface area contributed by atoms with Crippen molar-refractivity contribution in [2.24, 2.45) is 0 Å². The summed E-state index contributed by atoms with van der Waals surface area (Å²) in [6.45, 7) is 0. The largest absolute Gasteiger partial charge is 0.477 e. The van der Waals surface area contributed by atoms with Crippen molar-refractivity contribution in [3.05, 3.63) is 28.8 Å². The molecule has 0 atom stereocenters. The molecule has 0 saturated heterocycles. The molecule has 1 N–H and O–H groups in total. The molecule has 0 aliphatic carbocycles. The second-order valence-corrected chi connectivity index (χ2v) is 2.13.